The van der Waals surface area contributed by atoms with Crippen molar-refractivity contribution in [3.63, 3.8) is 0 Å². The van der Waals surface area contributed by atoms with E-state index in [0.29, 0.717) is 88.4 Å². The fourth-order valence-electron chi connectivity index (χ4n) is 14.7. The molecule has 3 radical (unpaired) electrons. The van der Waals surface area contributed by atoms with Crippen LogP contribution in [0.25, 0.3) is 0 Å². The molecule has 29 nitrogen and oxygen atoms in total. The van der Waals surface area contributed by atoms with Gasteiger partial charge in [0.05, 0.1) is 104 Å². The molecule has 0 aliphatic carbocycles. The Bertz CT molecular complexity index is 3700. The monoisotopic (exact) mass is 2050 g/mol. The maximum atomic E-state index is 13.2. The number of aldehydes is 1. The average molecular weight is 2050 g/mol. The van der Waals surface area contributed by atoms with Crippen molar-refractivity contribution in [2.75, 3.05) is 136 Å². The van der Waals surface area contributed by atoms with Gasteiger partial charge in [-0.1, -0.05) is 48.5 Å². The van der Waals surface area contributed by atoms with E-state index in [-0.39, 0.29) is 276 Å². The van der Waals surface area contributed by atoms with Gasteiger partial charge in [-0.15, -0.1) is 12.4 Å². The van der Waals surface area contributed by atoms with Crippen molar-refractivity contribution >= 4 is 152 Å². The van der Waals surface area contributed by atoms with E-state index >= 15 is 0 Å². The number of fused-ring (bicyclic) bond motifs is 3. The van der Waals surface area contributed by atoms with Crippen molar-refractivity contribution in [2.45, 2.75) is 140 Å². The second-order valence-electron chi connectivity index (χ2n) is 29.3. The summed E-state index contributed by atoms with van der Waals surface area (Å²) in [7, 11) is 10.5. The summed E-state index contributed by atoms with van der Waals surface area (Å²) in [5, 5.41) is 13.4. The normalized spacial score (nSPS) is 23.6. The summed E-state index contributed by atoms with van der Waals surface area (Å²) < 4.78 is 27.9. The van der Waals surface area contributed by atoms with E-state index < -0.39 is 52.6 Å². The second-order valence-corrected chi connectivity index (χ2v) is 29.3. The number of carbonyl (C=O) groups excluding carboxylic acids is 12. The first-order valence-corrected chi connectivity index (χ1v) is 35.0. The van der Waals surface area contributed by atoms with Gasteiger partial charge in [0.15, 0.2) is 6.29 Å². The van der Waals surface area contributed by atoms with Crippen LogP contribution in [0.3, 0.4) is 0 Å². The number of carbonyl (C=O) groups is 12. The van der Waals surface area contributed by atoms with Gasteiger partial charge in [0.25, 0.3) is 0 Å². The van der Waals surface area contributed by atoms with E-state index in [1.54, 1.807) is 68.1 Å². The molecule has 6 unspecified atom stereocenters. The molecule has 6 fully saturated rings. The summed E-state index contributed by atoms with van der Waals surface area (Å²) in [5.74, 6) is -5.74. The topological polar surface area (TPSA) is 334 Å². The van der Waals surface area contributed by atoms with Crippen LogP contribution in [-0.4, -0.2) is 293 Å². The van der Waals surface area contributed by atoms with Crippen LogP contribution in [0.4, 0.5) is 26.7 Å². The minimum Gasteiger partial charge on any atom is -0.444 e. The Morgan fingerprint density at radius 2 is 0.917 bits per heavy atom. The van der Waals surface area contributed by atoms with E-state index in [2.05, 4.69) is 42.5 Å². The van der Waals surface area contributed by atoms with Crippen LogP contribution in [0.15, 0.2) is 54.6 Å². The fourth-order valence-corrected chi connectivity index (χ4v) is 14.7. The predicted molar refractivity (Wildman–Crippen MR) is 395 cm³/mol. The minimum absolute atomic E-state index is 0. The number of hydrogen-bond donors (Lipinski definition) is 5. The molecule has 109 heavy (non-hydrogen) atoms. The third kappa shape index (κ3) is 26.5. The molecule has 12 rings (SSSR count). The van der Waals surface area contributed by atoms with E-state index in [1.165, 1.54) is 9.80 Å². The molecule has 9 atom stereocenters. The predicted octanol–water partition coefficient (Wildman–Crippen LogP) is 4.02. The molecule has 0 saturated carbocycles. The number of benzene rings is 3. The third-order valence-corrected chi connectivity index (χ3v) is 19.4. The number of morpholine rings is 3. The molecule has 0 spiro atoms. The van der Waals surface area contributed by atoms with Gasteiger partial charge in [-0.2, -0.15) is 0 Å². The van der Waals surface area contributed by atoms with E-state index in [9.17, 15) is 57.5 Å². The Morgan fingerprint density at radius 1 is 0.560 bits per heavy atom. The zero-order valence-electron chi connectivity index (χ0n) is 65.1. The number of imide groups is 3. The van der Waals surface area contributed by atoms with Crippen LogP contribution < -0.4 is 41.3 Å². The Hall–Kier alpha value is -3.07. The molecule has 9 heterocycles. The van der Waals surface area contributed by atoms with E-state index in [0.717, 1.165) is 79.4 Å². The Morgan fingerprint density at radius 3 is 1.28 bits per heavy atom. The quantitative estimate of drug-likeness (QED) is 0.0658. The molecule has 9 aliphatic rings. The first-order valence-electron chi connectivity index (χ1n) is 35.0. The molecule has 0 bridgehead atoms. The Balaban J connectivity index is 0.000000501. The number of nitrogens with one attached hydrogen (secondary N) is 5. The fraction of sp³-hybridized carbons (Fsp3) is 0.581. The number of hydrogen-bond acceptors (Lipinski definition) is 21. The van der Waals surface area contributed by atoms with Gasteiger partial charge in [-0.05, 0) is 102 Å². The number of halogens is 1. The molecule has 589 valence electrons. The summed E-state index contributed by atoms with van der Waals surface area (Å²) in [4.78, 5) is 158. The summed E-state index contributed by atoms with van der Waals surface area (Å²) >= 11 is 0. The minimum atomic E-state index is -0.627. The van der Waals surface area contributed by atoms with Gasteiger partial charge >= 0.3 is 12.2 Å². The molecule has 35 heteroatoms. The average Bonchev–Trinajstić information content (AvgIpc) is 1.67. The summed E-state index contributed by atoms with van der Waals surface area (Å²) in [5.41, 5.74) is 6.22. The Kier molecular flexibility index (Phi) is 43.1. The number of rotatable bonds is 14. The van der Waals surface area contributed by atoms with Gasteiger partial charge in [-0.25, -0.2) is 9.59 Å². The molecule has 9 aliphatic heterocycles. The number of nitrogens with zero attached hydrogens (tertiary/aromatic N) is 7. The number of likely N-dealkylation sites (N-methyl/N-ethyl adjacent to an activating group) is 6. The van der Waals surface area contributed by atoms with Crippen LogP contribution in [0.1, 0.15) is 136 Å². The first-order chi connectivity index (χ1) is 48.4. The molecule has 11 amide bonds. The zero-order valence-corrected chi connectivity index (χ0v) is 80.5. The molecule has 6 saturated heterocycles. The number of ether oxygens (including phenoxy) is 5. The number of para-hydroxylation sites is 3. The smallest absolute Gasteiger partial charge is 0.410 e. The summed E-state index contributed by atoms with van der Waals surface area (Å²) in [6, 6.07) is 16.9. The van der Waals surface area contributed by atoms with Crippen LogP contribution in [0.5, 0.6) is 0 Å². The maximum Gasteiger partial charge on any atom is 0.410 e. The standard InChI is InChI=1S/C26H36N4O6.C21H28N4O4.C15H14N2O4.C11H22N2O3.CH3.ClH.K.2W.2Y/c1-26(2,3)36-25(34)28(4)14-17-15-30(11-12-35-17)13-16-7-6-8-18-21(24(33)29(5)22(16)18)19-9-10-20(31)27-23(19)32;1-22-10-14-12-25(8-9-29-14)11-13-4-3-5-15-18(21(28)24(2)19(13)15)16-6-7-17(26)23-20(16)27;1-17-13-8(7-18)3-2-4-9(13)12(15(17)21)10-5-6-11(19)16-14(10)20;1-11(2,3)16-10(14)13(4)8-9-7-12-5-6-15-9;;;;;;;/h6-8,17,19,21H,9-15H2,1-5H3,(H,27,31,32);3-5,14,16,18,22H,6-12H2,1-2H3,(H,23,26,27);2-4,7,10,12H,5-6H2,1H3,(H,16,19,20);9,12H,5-8H2,1-4H3;1H3;1H;;;;;/q;;;;-1;;;;;;/t17-,19?,21?;14-,16?,18?;;9-;;;;;;;/m11.0......./s1. The van der Waals surface area contributed by atoms with Crippen LogP contribution in [0, 0.1) is 25.2 Å². The number of anilines is 3. The molecule has 0 aromatic heterocycles. The number of amides is 11. The second kappa shape index (κ2) is 46.0. The zero-order chi connectivity index (χ0) is 74.1. The van der Waals surface area contributed by atoms with Crippen molar-refractivity contribution in [2.24, 2.45) is 17.8 Å². The van der Waals surface area contributed by atoms with Crippen molar-refractivity contribution < 1.29 is 189 Å². The van der Waals surface area contributed by atoms with Crippen molar-refractivity contribution in [3.8, 4) is 0 Å². The van der Waals surface area contributed by atoms with Crippen LogP contribution in [-0.2, 0) is 187 Å². The SMILES string of the molecule is CN(C[C@@H]1CN(Cc2cccc3c2N(C)C(=O)C3C2CCC(=O)NC2=O)CCO1)C(=O)OC(C)(C)C.CN(C[C@@H]1CNCCO1)C(=O)OC(C)(C)C.CN1C(=O)C(C2CCC(=O)NC2=O)c2cccc(C=O)c21.CNC[C@@H]1CN(Cc2cccc3c2N(C)C(=O)C3C2CCC(=O)NC2=O)CCO1.Cl.[CH3-].[K].[W].[W].[Y].[Y]. The maximum absolute atomic E-state index is 13.2. The van der Waals surface area contributed by atoms with Gasteiger partial charge in [-0.3, -0.25) is 73.7 Å². The van der Waals surface area contributed by atoms with Gasteiger partial charge in [0.1, 0.15) is 11.2 Å². The third-order valence-electron chi connectivity index (χ3n) is 19.4. The molecular formula is C74H104ClKN12O17W2Y2-. The van der Waals surface area contributed by atoms with Crippen molar-refractivity contribution in [1.82, 2.24) is 46.2 Å². The molecule has 3 aromatic rings. The molecular weight excluding hydrogens is 1950 g/mol. The van der Waals surface area contributed by atoms with Gasteiger partial charge in [0.2, 0.25) is 53.2 Å². The van der Waals surface area contributed by atoms with Crippen LogP contribution in [0.2, 0.25) is 0 Å². The van der Waals surface area contributed by atoms with Gasteiger partial charge in [0, 0.05) is 278 Å². The Labute approximate surface area is 767 Å². The summed E-state index contributed by atoms with van der Waals surface area (Å²) in [6.07, 6.45) is 1.94. The molecule has 3 aromatic carbocycles. The first kappa shape index (κ1) is 102. The van der Waals surface area contributed by atoms with Crippen molar-refractivity contribution in [3.05, 3.63) is 95.4 Å². The largest absolute Gasteiger partial charge is 0.444 e. The van der Waals surface area contributed by atoms with E-state index in [1.807, 2.05) is 78.9 Å². The van der Waals surface area contributed by atoms with Crippen molar-refractivity contribution in [1.29, 1.82) is 0 Å². The summed E-state index contributed by atoms with van der Waals surface area (Å²) in [6.45, 7) is 20.8. The van der Waals surface area contributed by atoms with E-state index in [4.69, 9.17) is 23.7 Å². The van der Waals surface area contributed by atoms with Crippen LogP contribution >= 0.6 is 12.4 Å². The molecule has 5 N–H and O–H groups in total. The van der Waals surface area contributed by atoms with Gasteiger partial charge < -0.3 is 66.2 Å². The number of piperidine rings is 3.